The molecule has 84 valence electrons. The maximum atomic E-state index is 8.76. The van der Waals surface area contributed by atoms with Gasteiger partial charge in [-0.25, -0.2) is 4.98 Å². The van der Waals surface area contributed by atoms with E-state index in [0.717, 1.165) is 18.9 Å². The number of rotatable bonds is 3. The SMILES string of the molecule is CN1CCC(CNc2cc(C#N)ccn2)C1. The number of nitrogens with one attached hydrogen (secondary N) is 1. The minimum Gasteiger partial charge on any atom is -0.370 e. The zero-order chi connectivity index (χ0) is 11.4. The lowest BCUT2D eigenvalue weighted by molar-refractivity contribution is 0.399. The summed E-state index contributed by atoms with van der Waals surface area (Å²) in [4.78, 5) is 6.53. The van der Waals surface area contributed by atoms with Gasteiger partial charge in [0.25, 0.3) is 0 Å². The molecule has 1 aromatic heterocycles. The second-order valence-corrected chi connectivity index (χ2v) is 4.34. The quantitative estimate of drug-likeness (QED) is 0.828. The molecule has 1 N–H and O–H groups in total. The lowest BCUT2D eigenvalue weighted by Crippen LogP contribution is -2.19. The van der Waals surface area contributed by atoms with Crippen molar-refractivity contribution in [1.29, 1.82) is 5.26 Å². The zero-order valence-corrected chi connectivity index (χ0v) is 9.48. The summed E-state index contributed by atoms with van der Waals surface area (Å²) in [5.74, 6) is 1.49. The van der Waals surface area contributed by atoms with Crippen molar-refractivity contribution in [1.82, 2.24) is 9.88 Å². The lowest BCUT2D eigenvalue weighted by Gasteiger charge is -2.11. The summed E-state index contributed by atoms with van der Waals surface area (Å²) in [5.41, 5.74) is 0.654. The average molecular weight is 216 g/mol. The molecule has 1 aromatic rings. The van der Waals surface area contributed by atoms with Gasteiger partial charge < -0.3 is 10.2 Å². The highest BCUT2D eigenvalue weighted by Crippen LogP contribution is 2.15. The lowest BCUT2D eigenvalue weighted by atomic mass is 10.1. The Morgan fingerprint density at radius 1 is 1.69 bits per heavy atom. The van der Waals surface area contributed by atoms with Gasteiger partial charge in [0, 0.05) is 19.3 Å². The van der Waals surface area contributed by atoms with Crippen molar-refractivity contribution in [3.8, 4) is 6.07 Å². The molecule has 0 amide bonds. The fraction of sp³-hybridized carbons (Fsp3) is 0.500. The Labute approximate surface area is 95.9 Å². The average Bonchev–Trinajstić information content (AvgIpc) is 2.73. The van der Waals surface area contributed by atoms with Crippen LogP contribution in [-0.2, 0) is 0 Å². The number of nitrogens with zero attached hydrogens (tertiary/aromatic N) is 3. The molecule has 2 rings (SSSR count). The van der Waals surface area contributed by atoms with E-state index in [4.69, 9.17) is 5.26 Å². The molecule has 1 unspecified atom stereocenters. The molecule has 16 heavy (non-hydrogen) atoms. The molecule has 1 aliphatic heterocycles. The van der Waals surface area contributed by atoms with E-state index in [1.165, 1.54) is 13.0 Å². The van der Waals surface area contributed by atoms with E-state index in [9.17, 15) is 0 Å². The van der Waals surface area contributed by atoms with Crippen molar-refractivity contribution in [2.75, 3.05) is 32.0 Å². The smallest absolute Gasteiger partial charge is 0.127 e. The standard InChI is InChI=1S/C12H16N4/c1-16-5-3-11(9-16)8-15-12-6-10(7-13)2-4-14-12/h2,4,6,11H,3,5,8-9H2,1H3,(H,14,15). The van der Waals surface area contributed by atoms with E-state index in [-0.39, 0.29) is 0 Å². The van der Waals surface area contributed by atoms with Gasteiger partial charge in [-0.3, -0.25) is 0 Å². The van der Waals surface area contributed by atoms with Crippen molar-refractivity contribution in [3.05, 3.63) is 23.9 Å². The fourth-order valence-electron chi connectivity index (χ4n) is 2.04. The number of hydrogen-bond donors (Lipinski definition) is 1. The summed E-state index contributed by atoms with van der Waals surface area (Å²) in [6.45, 7) is 3.26. The first kappa shape index (κ1) is 10.9. The number of anilines is 1. The van der Waals surface area contributed by atoms with Crippen molar-refractivity contribution in [2.24, 2.45) is 5.92 Å². The maximum absolute atomic E-state index is 8.76. The predicted octanol–water partition coefficient (Wildman–Crippen LogP) is 1.32. The van der Waals surface area contributed by atoms with Crippen molar-refractivity contribution in [3.63, 3.8) is 0 Å². The molecular weight excluding hydrogens is 200 g/mol. The third kappa shape index (κ3) is 2.71. The van der Waals surface area contributed by atoms with Gasteiger partial charge in [-0.15, -0.1) is 0 Å². The molecule has 0 bridgehead atoms. The van der Waals surface area contributed by atoms with Crippen LogP contribution in [0.15, 0.2) is 18.3 Å². The fourth-order valence-corrected chi connectivity index (χ4v) is 2.04. The van der Waals surface area contributed by atoms with Crippen LogP contribution in [0.5, 0.6) is 0 Å². The van der Waals surface area contributed by atoms with Crippen molar-refractivity contribution < 1.29 is 0 Å². The summed E-state index contributed by atoms with van der Waals surface area (Å²) in [6, 6.07) is 5.62. The van der Waals surface area contributed by atoms with Crippen LogP contribution in [0.2, 0.25) is 0 Å². The second-order valence-electron chi connectivity index (χ2n) is 4.34. The van der Waals surface area contributed by atoms with Gasteiger partial charge in [0.2, 0.25) is 0 Å². The number of pyridine rings is 1. The normalized spacial score (nSPS) is 20.6. The van der Waals surface area contributed by atoms with Gasteiger partial charge in [-0.05, 0) is 38.1 Å². The monoisotopic (exact) mass is 216 g/mol. The molecule has 1 atom stereocenters. The van der Waals surface area contributed by atoms with Crippen molar-refractivity contribution >= 4 is 5.82 Å². The zero-order valence-electron chi connectivity index (χ0n) is 9.48. The van der Waals surface area contributed by atoms with Gasteiger partial charge in [0.05, 0.1) is 11.6 Å². The summed E-state index contributed by atoms with van der Waals surface area (Å²) < 4.78 is 0. The van der Waals surface area contributed by atoms with Crippen LogP contribution in [0.1, 0.15) is 12.0 Å². The first-order valence-electron chi connectivity index (χ1n) is 5.56. The molecule has 1 fully saturated rings. The van der Waals surface area contributed by atoms with Gasteiger partial charge in [-0.2, -0.15) is 5.26 Å². The molecule has 1 saturated heterocycles. The van der Waals surface area contributed by atoms with E-state index < -0.39 is 0 Å². The molecular formula is C12H16N4. The molecule has 4 nitrogen and oxygen atoms in total. The molecule has 0 saturated carbocycles. The van der Waals surface area contributed by atoms with Crippen molar-refractivity contribution in [2.45, 2.75) is 6.42 Å². The van der Waals surface area contributed by atoms with Crippen LogP contribution in [0.25, 0.3) is 0 Å². The minimum absolute atomic E-state index is 0.654. The van der Waals surface area contributed by atoms with Crippen LogP contribution >= 0.6 is 0 Å². The first-order chi connectivity index (χ1) is 7.78. The Balaban J connectivity index is 1.87. The summed E-state index contributed by atoms with van der Waals surface area (Å²) in [5, 5.41) is 12.1. The van der Waals surface area contributed by atoms with Crippen LogP contribution in [0, 0.1) is 17.2 Å². The van der Waals surface area contributed by atoms with Gasteiger partial charge in [0.15, 0.2) is 0 Å². The Morgan fingerprint density at radius 3 is 3.25 bits per heavy atom. The van der Waals surface area contributed by atoms with E-state index in [0.29, 0.717) is 11.5 Å². The molecule has 1 aliphatic rings. The van der Waals surface area contributed by atoms with E-state index in [2.05, 4.69) is 28.3 Å². The van der Waals surface area contributed by atoms with Gasteiger partial charge in [-0.1, -0.05) is 0 Å². The number of nitriles is 1. The largest absolute Gasteiger partial charge is 0.370 e. The molecule has 0 aliphatic carbocycles. The molecule has 0 spiro atoms. The van der Waals surface area contributed by atoms with Crippen LogP contribution in [0.4, 0.5) is 5.82 Å². The third-order valence-electron chi connectivity index (χ3n) is 2.95. The van der Waals surface area contributed by atoms with E-state index >= 15 is 0 Å². The van der Waals surface area contributed by atoms with E-state index in [1.54, 1.807) is 18.3 Å². The molecule has 4 heteroatoms. The molecule has 2 heterocycles. The minimum atomic E-state index is 0.654. The summed E-state index contributed by atoms with van der Waals surface area (Å²) >= 11 is 0. The number of hydrogen-bond acceptors (Lipinski definition) is 4. The first-order valence-corrected chi connectivity index (χ1v) is 5.56. The summed E-state index contributed by atoms with van der Waals surface area (Å²) in [6.07, 6.45) is 2.91. The topological polar surface area (TPSA) is 52.0 Å². The number of aromatic nitrogens is 1. The highest BCUT2D eigenvalue weighted by atomic mass is 15.1. The highest BCUT2D eigenvalue weighted by molar-refractivity contribution is 5.42. The van der Waals surface area contributed by atoms with Crippen LogP contribution in [-0.4, -0.2) is 36.6 Å². The van der Waals surface area contributed by atoms with Gasteiger partial charge in [0.1, 0.15) is 5.82 Å². The molecule has 0 aromatic carbocycles. The second kappa shape index (κ2) is 4.95. The van der Waals surface area contributed by atoms with Crippen LogP contribution in [0.3, 0.4) is 0 Å². The number of likely N-dealkylation sites (tertiary alicyclic amines) is 1. The van der Waals surface area contributed by atoms with Gasteiger partial charge >= 0.3 is 0 Å². The Morgan fingerprint density at radius 2 is 2.56 bits per heavy atom. The highest BCUT2D eigenvalue weighted by Gasteiger charge is 2.18. The third-order valence-corrected chi connectivity index (χ3v) is 2.95. The Hall–Kier alpha value is -1.60. The Bertz CT molecular complexity index is 396. The maximum Gasteiger partial charge on any atom is 0.127 e. The van der Waals surface area contributed by atoms with Crippen LogP contribution < -0.4 is 5.32 Å². The predicted molar refractivity (Wildman–Crippen MR) is 63.0 cm³/mol. The Kier molecular flexibility index (Phi) is 3.37. The summed E-state index contributed by atoms with van der Waals surface area (Å²) in [7, 11) is 2.15. The molecule has 0 radical (unpaired) electrons. The van der Waals surface area contributed by atoms with E-state index in [1.807, 2.05) is 0 Å².